The second-order valence-corrected chi connectivity index (χ2v) is 5.92. The van der Waals surface area contributed by atoms with Crippen LogP contribution in [0.4, 0.5) is 0 Å². The fraction of sp³-hybridized carbons (Fsp3) is 0.0769. The van der Waals surface area contributed by atoms with Gasteiger partial charge in [0.05, 0.1) is 5.75 Å². The summed E-state index contributed by atoms with van der Waals surface area (Å²) in [4.78, 5) is 38.2. The number of hydrogen-bond donors (Lipinski definition) is 2. The minimum Gasteiger partial charge on any atom is -0.369 e. The first-order valence-electron chi connectivity index (χ1n) is 5.78. The zero-order valence-electron chi connectivity index (χ0n) is 10.6. The highest BCUT2D eigenvalue weighted by molar-refractivity contribution is 9.10. The Labute approximate surface area is 133 Å². The van der Waals surface area contributed by atoms with Crippen molar-refractivity contribution in [2.45, 2.75) is 0 Å². The molecule has 0 bridgehead atoms. The van der Waals surface area contributed by atoms with Gasteiger partial charge in [0, 0.05) is 4.47 Å². The van der Waals surface area contributed by atoms with Gasteiger partial charge >= 0.3 is 0 Å². The van der Waals surface area contributed by atoms with E-state index in [4.69, 9.17) is 5.73 Å². The molecule has 1 aliphatic rings. The SMILES string of the molecule is NC(=O)CSC1=NC(=O)C(=Cc2cccc(Br)c2)C(=O)N1. The van der Waals surface area contributed by atoms with Gasteiger partial charge in [-0.25, -0.2) is 0 Å². The standard InChI is InChI=1S/C13H10BrN3O3S/c14-8-3-1-2-7(4-8)5-9-11(19)16-13(17-12(9)20)21-6-10(15)18/h1-5H,6H2,(H2,15,18)(H,16,17,19,20). The predicted molar refractivity (Wildman–Crippen MR) is 84.4 cm³/mol. The van der Waals surface area contributed by atoms with Crippen LogP contribution in [0.25, 0.3) is 6.08 Å². The van der Waals surface area contributed by atoms with Gasteiger partial charge in [0.15, 0.2) is 5.17 Å². The van der Waals surface area contributed by atoms with Crippen LogP contribution in [-0.4, -0.2) is 28.6 Å². The molecule has 0 unspecified atom stereocenters. The van der Waals surface area contributed by atoms with E-state index in [-0.39, 0.29) is 16.5 Å². The number of benzene rings is 1. The van der Waals surface area contributed by atoms with E-state index in [0.29, 0.717) is 5.56 Å². The molecule has 21 heavy (non-hydrogen) atoms. The molecule has 0 spiro atoms. The minimum absolute atomic E-state index is 0.0585. The van der Waals surface area contributed by atoms with Gasteiger partial charge in [0.25, 0.3) is 11.8 Å². The molecule has 0 saturated carbocycles. The van der Waals surface area contributed by atoms with Crippen LogP contribution < -0.4 is 11.1 Å². The van der Waals surface area contributed by atoms with E-state index in [1.165, 1.54) is 6.08 Å². The molecule has 8 heteroatoms. The van der Waals surface area contributed by atoms with Crippen molar-refractivity contribution in [3.8, 4) is 0 Å². The van der Waals surface area contributed by atoms with Crippen LogP contribution in [0, 0.1) is 0 Å². The number of amidine groups is 1. The molecule has 6 nitrogen and oxygen atoms in total. The molecule has 3 amide bonds. The van der Waals surface area contributed by atoms with E-state index in [0.717, 1.165) is 16.2 Å². The van der Waals surface area contributed by atoms with Crippen molar-refractivity contribution in [2.75, 3.05) is 5.75 Å². The molecule has 0 saturated heterocycles. The normalized spacial score (nSPS) is 16.6. The van der Waals surface area contributed by atoms with E-state index in [2.05, 4.69) is 26.2 Å². The second-order valence-electron chi connectivity index (χ2n) is 4.04. The molecule has 0 fully saturated rings. The van der Waals surface area contributed by atoms with E-state index in [9.17, 15) is 14.4 Å². The maximum Gasteiger partial charge on any atom is 0.285 e. The molecule has 3 N–H and O–H groups in total. The number of primary amides is 1. The summed E-state index contributed by atoms with van der Waals surface area (Å²) >= 11 is 4.22. The summed E-state index contributed by atoms with van der Waals surface area (Å²) in [5, 5.41) is 2.53. The predicted octanol–water partition coefficient (Wildman–Crippen LogP) is 1.06. The maximum absolute atomic E-state index is 11.9. The average molecular weight is 368 g/mol. The lowest BCUT2D eigenvalue weighted by Crippen LogP contribution is -2.37. The van der Waals surface area contributed by atoms with E-state index in [1.807, 2.05) is 6.07 Å². The fourth-order valence-corrected chi connectivity index (χ4v) is 2.55. The Bertz CT molecular complexity index is 685. The number of thioether (sulfide) groups is 1. The maximum atomic E-state index is 11.9. The van der Waals surface area contributed by atoms with Crippen LogP contribution in [0.15, 0.2) is 39.3 Å². The summed E-state index contributed by atoms with van der Waals surface area (Å²) in [6.07, 6.45) is 1.46. The summed E-state index contributed by atoms with van der Waals surface area (Å²) in [5.41, 5.74) is 5.64. The molecule has 108 valence electrons. The van der Waals surface area contributed by atoms with Gasteiger partial charge in [0.2, 0.25) is 5.91 Å². The largest absolute Gasteiger partial charge is 0.369 e. The van der Waals surface area contributed by atoms with Crippen LogP contribution in [0.5, 0.6) is 0 Å². The fourth-order valence-electron chi connectivity index (χ4n) is 1.54. The number of halogens is 1. The highest BCUT2D eigenvalue weighted by Gasteiger charge is 2.25. The molecule has 1 heterocycles. The zero-order valence-corrected chi connectivity index (χ0v) is 13.0. The first kappa shape index (κ1) is 15.5. The third-order valence-corrected chi connectivity index (χ3v) is 3.80. The number of nitrogens with two attached hydrogens (primary N) is 1. The lowest BCUT2D eigenvalue weighted by atomic mass is 10.1. The van der Waals surface area contributed by atoms with Crippen molar-refractivity contribution in [2.24, 2.45) is 10.7 Å². The number of amides is 3. The van der Waals surface area contributed by atoms with E-state index < -0.39 is 17.7 Å². The first-order chi connectivity index (χ1) is 9.95. The average Bonchev–Trinajstić information content (AvgIpc) is 2.40. The monoisotopic (exact) mass is 367 g/mol. The van der Waals surface area contributed by atoms with Crippen molar-refractivity contribution in [3.05, 3.63) is 39.9 Å². The van der Waals surface area contributed by atoms with E-state index >= 15 is 0 Å². The minimum atomic E-state index is -0.648. The molecule has 0 radical (unpaired) electrons. The molecule has 1 aromatic carbocycles. The van der Waals surface area contributed by atoms with Crippen LogP contribution in [0.3, 0.4) is 0 Å². The number of hydrogen-bond acceptors (Lipinski definition) is 4. The number of aliphatic imine (C=N–C) groups is 1. The third-order valence-electron chi connectivity index (χ3n) is 2.41. The second kappa shape index (κ2) is 6.68. The first-order valence-corrected chi connectivity index (χ1v) is 7.56. The number of carbonyl (C=O) groups excluding carboxylic acids is 3. The van der Waals surface area contributed by atoms with Gasteiger partial charge in [-0.05, 0) is 23.8 Å². The van der Waals surface area contributed by atoms with Gasteiger partial charge in [-0.15, -0.1) is 0 Å². The molecular formula is C13H10BrN3O3S. The molecule has 1 aromatic rings. The Morgan fingerprint density at radius 3 is 2.81 bits per heavy atom. The van der Waals surface area contributed by atoms with Crippen molar-refractivity contribution >= 4 is 56.7 Å². The third kappa shape index (κ3) is 4.27. The Hall–Kier alpha value is -1.93. The smallest absolute Gasteiger partial charge is 0.285 e. The molecule has 0 aliphatic carbocycles. The van der Waals surface area contributed by atoms with Crippen LogP contribution in [-0.2, 0) is 14.4 Å². The van der Waals surface area contributed by atoms with Gasteiger partial charge in [-0.1, -0.05) is 39.8 Å². The van der Waals surface area contributed by atoms with Crippen molar-refractivity contribution in [1.82, 2.24) is 5.32 Å². The summed E-state index contributed by atoms with van der Waals surface area (Å²) < 4.78 is 0.835. The Morgan fingerprint density at radius 2 is 2.19 bits per heavy atom. The Kier molecular flexibility index (Phi) is 4.92. The highest BCUT2D eigenvalue weighted by Crippen LogP contribution is 2.17. The van der Waals surface area contributed by atoms with Crippen molar-refractivity contribution in [3.63, 3.8) is 0 Å². The number of nitrogens with zero attached hydrogens (tertiary/aromatic N) is 1. The number of carbonyl (C=O) groups is 3. The van der Waals surface area contributed by atoms with E-state index in [1.54, 1.807) is 18.2 Å². The molecular weight excluding hydrogens is 358 g/mol. The Morgan fingerprint density at radius 1 is 1.43 bits per heavy atom. The van der Waals surface area contributed by atoms with Crippen LogP contribution in [0.1, 0.15) is 5.56 Å². The van der Waals surface area contributed by atoms with Crippen molar-refractivity contribution in [1.29, 1.82) is 0 Å². The lowest BCUT2D eigenvalue weighted by molar-refractivity contribution is -0.122. The van der Waals surface area contributed by atoms with Gasteiger partial charge < -0.3 is 11.1 Å². The highest BCUT2D eigenvalue weighted by atomic mass is 79.9. The van der Waals surface area contributed by atoms with Crippen LogP contribution in [0.2, 0.25) is 0 Å². The molecule has 0 atom stereocenters. The molecule has 0 aromatic heterocycles. The molecule has 2 rings (SSSR count). The number of nitrogens with one attached hydrogen (secondary N) is 1. The van der Waals surface area contributed by atoms with Crippen molar-refractivity contribution < 1.29 is 14.4 Å². The summed E-state index contributed by atoms with van der Waals surface area (Å²) in [5.74, 6) is -1.82. The van der Waals surface area contributed by atoms with Gasteiger partial charge in [-0.3, -0.25) is 14.4 Å². The lowest BCUT2D eigenvalue weighted by Gasteiger charge is -2.13. The summed E-state index contributed by atoms with van der Waals surface area (Å²) in [7, 11) is 0. The van der Waals surface area contributed by atoms with Crippen LogP contribution >= 0.6 is 27.7 Å². The summed E-state index contributed by atoms with van der Waals surface area (Å²) in [6, 6.07) is 7.16. The zero-order chi connectivity index (χ0) is 15.4. The molecule has 1 aliphatic heterocycles. The quantitative estimate of drug-likeness (QED) is 0.615. The number of rotatable bonds is 3. The topological polar surface area (TPSA) is 102 Å². The van der Waals surface area contributed by atoms with Gasteiger partial charge in [0.1, 0.15) is 5.57 Å². The Balaban J connectivity index is 2.21. The van der Waals surface area contributed by atoms with Gasteiger partial charge in [-0.2, -0.15) is 4.99 Å². The summed E-state index contributed by atoms with van der Waals surface area (Å²) in [6.45, 7) is 0.